The van der Waals surface area contributed by atoms with Crippen LogP contribution >= 0.6 is 11.6 Å². The molecule has 1 nitrogen and oxygen atoms in total. The van der Waals surface area contributed by atoms with Gasteiger partial charge in [0.2, 0.25) is 0 Å². The summed E-state index contributed by atoms with van der Waals surface area (Å²) in [5.74, 6) is -0.604. The van der Waals surface area contributed by atoms with Gasteiger partial charge >= 0.3 is 0 Å². The highest BCUT2D eigenvalue weighted by Crippen LogP contribution is 2.29. The lowest BCUT2D eigenvalue weighted by Crippen LogP contribution is -2.21. The number of aryl methyl sites for hydroxylation is 1. The van der Waals surface area contributed by atoms with Gasteiger partial charge in [-0.15, -0.1) is 0 Å². The molecular formula is C16H16ClF2N. The Morgan fingerprint density at radius 2 is 1.95 bits per heavy atom. The molecule has 0 bridgehead atoms. The van der Waals surface area contributed by atoms with Gasteiger partial charge in [-0.1, -0.05) is 23.7 Å². The Kier molecular flexibility index (Phi) is 4.73. The van der Waals surface area contributed by atoms with Gasteiger partial charge in [0.1, 0.15) is 11.6 Å². The molecule has 0 saturated carbocycles. The fraction of sp³-hybridized carbons (Fsp3) is 0.250. The van der Waals surface area contributed by atoms with E-state index < -0.39 is 0 Å². The SMILES string of the molecule is CNC(Cc1ccc(F)cc1C)c1c(F)cccc1Cl. The molecule has 1 atom stereocenters. The minimum absolute atomic E-state index is 0.257. The molecule has 2 aromatic rings. The first-order chi connectivity index (χ1) is 9.52. The fourth-order valence-electron chi connectivity index (χ4n) is 2.30. The van der Waals surface area contributed by atoms with Gasteiger partial charge in [0.25, 0.3) is 0 Å². The van der Waals surface area contributed by atoms with Gasteiger partial charge in [0.15, 0.2) is 0 Å². The van der Waals surface area contributed by atoms with Crippen LogP contribution in [-0.2, 0) is 6.42 Å². The molecule has 0 aliphatic heterocycles. The van der Waals surface area contributed by atoms with Gasteiger partial charge in [-0.05, 0) is 55.8 Å². The van der Waals surface area contributed by atoms with Gasteiger partial charge in [-0.25, -0.2) is 8.78 Å². The third kappa shape index (κ3) is 3.17. The Morgan fingerprint density at radius 1 is 1.20 bits per heavy atom. The lowest BCUT2D eigenvalue weighted by Gasteiger charge is -2.20. The molecule has 0 aliphatic carbocycles. The molecule has 1 unspecified atom stereocenters. The molecule has 0 spiro atoms. The van der Waals surface area contributed by atoms with E-state index in [1.54, 1.807) is 25.2 Å². The Bertz CT molecular complexity index is 593. The number of hydrogen-bond donors (Lipinski definition) is 1. The number of likely N-dealkylation sites (N-methyl/N-ethyl adjacent to an activating group) is 1. The summed E-state index contributed by atoms with van der Waals surface area (Å²) in [7, 11) is 1.76. The highest BCUT2D eigenvalue weighted by atomic mass is 35.5. The molecule has 4 heteroatoms. The van der Waals surface area contributed by atoms with E-state index in [1.807, 2.05) is 6.92 Å². The van der Waals surface area contributed by atoms with Crippen LogP contribution in [-0.4, -0.2) is 7.05 Å². The lowest BCUT2D eigenvalue weighted by molar-refractivity contribution is 0.533. The first kappa shape index (κ1) is 14.9. The van der Waals surface area contributed by atoms with Crippen molar-refractivity contribution < 1.29 is 8.78 Å². The van der Waals surface area contributed by atoms with Crippen molar-refractivity contribution in [3.63, 3.8) is 0 Å². The first-order valence-electron chi connectivity index (χ1n) is 6.39. The average molecular weight is 296 g/mol. The molecule has 0 radical (unpaired) electrons. The third-order valence-electron chi connectivity index (χ3n) is 3.43. The summed E-state index contributed by atoms with van der Waals surface area (Å²) in [6, 6.07) is 9.00. The molecule has 106 valence electrons. The summed E-state index contributed by atoms with van der Waals surface area (Å²) in [4.78, 5) is 0. The predicted octanol–water partition coefficient (Wildman–Crippen LogP) is 4.43. The number of hydrogen-bond acceptors (Lipinski definition) is 1. The van der Waals surface area contributed by atoms with Crippen molar-refractivity contribution in [3.8, 4) is 0 Å². The Balaban J connectivity index is 2.34. The summed E-state index contributed by atoms with van der Waals surface area (Å²) in [6.07, 6.45) is 0.545. The third-order valence-corrected chi connectivity index (χ3v) is 3.75. The van der Waals surface area contributed by atoms with Crippen LogP contribution in [0.4, 0.5) is 8.78 Å². The maximum atomic E-state index is 14.0. The molecule has 0 fully saturated rings. The molecule has 0 saturated heterocycles. The van der Waals surface area contributed by atoms with Crippen LogP contribution in [0, 0.1) is 18.6 Å². The smallest absolute Gasteiger partial charge is 0.129 e. The van der Waals surface area contributed by atoms with Gasteiger partial charge in [0.05, 0.1) is 0 Å². The van der Waals surface area contributed by atoms with Gasteiger partial charge in [-0.2, -0.15) is 0 Å². The van der Waals surface area contributed by atoms with E-state index in [0.29, 0.717) is 17.0 Å². The van der Waals surface area contributed by atoms with Crippen molar-refractivity contribution in [2.45, 2.75) is 19.4 Å². The topological polar surface area (TPSA) is 12.0 Å². The van der Waals surface area contributed by atoms with Crippen LogP contribution in [0.3, 0.4) is 0 Å². The first-order valence-corrected chi connectivity index (χ1v) is 6.77. The van der Waals surface area contributed by atoms with E-state index >= 15 is 0 Å². The normalized spacial score (nSPS) is 12.4. The second kappa shape index (κ2) is 6.33. The zero-order valence-electron chi connectivity index (χ0n) is 11.4. The molecule has 2 aromatic carbocycles. The number of rotatable bonds is 4. The minimum atomic E-state index is -0.336. The zero-order valence-corrected chi connectivity index (χ0v) is 12.1. The van der Waals surface area contributed by atoms with Crippen molar-refractivity contribution >= 4 is 11.6 Å². The predicted molar refractivity (Wildman–Crippen MR) is 78.1 cm³/mol. The fourth-order valence-corrected chi connectivity index (χ4v) is 2.60. The van der Waals surface area contributed by atoms with Crippen LogP contribution in [0.5, 0.6) is 0 Å². The highest BCUT2D eigenvalue weighted by molar-refractivity contribution is 6.31. The van der Waals surface area contributed by atoms with Crippen LogP contribution in [0.1, 0.15) is 22.7 Å². The molecule has 0 aromatic heterocycles. The van der Waals surface area contributed by atoms with Crippen molar-refractivity contribution in [2.75, 3.05) is 7.05 Å². The Morgan fingerprint density at radius 3 is 2.55 bits per heavy atom. The van der Waals surface area contributed by atoms with E-state index in [2.05, 4.69) is 5.32 Å². The number of halogens is 3. The molecule has 0 amide bonds. The van der Waals surface area contributed by atoms with Crippen LogP contribution in [0.2, 0.25) is 5.02 Å². The monoisotopic (exact) mass is 295 g/mol. The van der Waals surface area contributed by atoms with E-state index in [0.717, 1.165) is 11.1 Å². The van der Waals surface area contributed by atoms with Crippen LogP contribution in [0.25, 0.3) is 0 Å². The van der Waals surface area contributed by atoms with Crippen molar-refractivity contribution in [3.05, 3.63) is 69.7 Å². The van der Waals surface area contributed by atoms with E-state index in [9.17, 15) is 8.78 Å². The molecular weight excluding hydrogens is 280 g/mol. The van der Waals surface area contributed by atoms with Crippen molar-refractivity contribution in [1.29, 1.82) is 0 Å². The van der Waals surface area contributed by atoms with Crippen LogP contribution < -0.4 is 5.32 Å². The zero-order chi connectivity index (χ0) is 14.7. The van der Waals surface area contributed by atoms with E-state index in [-0.39, 0.29) is 17.7 Å². The molecule has 0 aliphatic rings. The number of nitrogens with one attached hydrogen (secondary N) is 1. The largest absolute Gasteiger partial charge is 0.313 e. The quantitative estimate of drug-likeness (QED) is 0.880. The summed E-state index contributed by atoms with van der Waals surface area (Å²) < 4.78 is 27.1. The van der Waals surface area contributed by atoms with E-state index in [4.69, 9.17) is 11.6 Å². The molecule has 20 heavy (non-hydrogen) atoms. The van der Waals surface area contributed by atoms with Gasteiger partial charge < -0.3 is 5.32 Å². The maximum Gasteiger partial charge on any atom is 0.129 e. The number of benzene rings is 2. The lowest BCUT2D eigenvalue weighted by atomic mass is 9.95. The summed E-state index contributed by atoms with van der Waals surface area (Å²) >= 11 is 6.09. The molecule has 0 heterocycles. The van der Waals surface area contributed by atoms with Crippen molar-refractivity contribution in [2.24, 2.45) is 0 Å². The van der Waals surface area contributed by atoms with E-state index in [1.165, 1.54) is 18.2 Å². The second-order valence-electron chi connectivity index (χ2n) is 4.75. The maximum absolute atomic E-state index is 14.0. The molecule has 2 rings (SSSR count). The van der Waals surface area contributed by atoms with Gasteiger partial charge in [0, 0.05) is 16.6 Å². The summed E-state index contributed by atoms with van der Waals surface area (Å²) in [6.45, 7) is 1.84. The summed E-state index contributed by atoms with van der Waals surface area (Å²) in [5, 5.41) is 3.46. The second-order valence-corrected chi connectivity index (χ2v) is 5.16. The van der Waals surface area contributed by atoms with Gasteiger partial charge in [-0.3, -0.25) is 0 Å². The molecule has 1 N–H and O–H groups in total. The van der Waals surface area contributed by atoms with Crippen LogP contribution in [0.15, 0.2) is 36.4 Å². The highest BCUT2D eigenvalue weighted by Gasteiger charge is 2.18. The average Bonchev–Trinajstić information content (AvgIpc) is 2.39. The Labute approximate surface area is 122 Å². The summed E-state index contributed by atoms with van der Waals surface area (Å²) in [5.41, 5.74) is 2.25. The minimum Gasteiger partial charge on any atom is -0.313 e. The Hall–Kier alpha value is -1.45. The van der Waals surface area contributed by atoms with Crippen molar-refractivity contribution in [1.82, 2.24) is 5.32 Å². The standard InChI is InChI=1S/C16H16ClF2N/c1-10-8-12(18)7-6-11(10)9-15(20-2)16-13(17)4-3-5-14(16)19/h3-8,15,20H,9H2,1-2H3.